The Morgan fingerprint density at radius 2 is 1.48 bits per heavy atom. The molecule has 1 aromatic heterocycles. The van der Waals surface area contributed by atoms with Crippen LogP contribution < -0.4 is 9.21 Å². The van der Waals surface area contributed by atoms with E-state index in [9.17, 15) is 8.42 Å². The maximum atomic E-state index is 12.9. The first-order valence-electron chi connectivity index (χ1n) is 9.10. The van der Waals surface area contributed by atoms with Crippen molar-refractivity contribution in [2.75, 3.05) is 22.5 Å². The number of benzene rings is 3. The molecule has 4 rings (SSSR count). The van der Waals surface area contributed by atoms with Gasteiger partial charge in [-0.2, -0.15) is 0 Å². The summed E-state index contributed by atoms with van der Waals surface area (Å²) < 4.78 is 27.9. The Morgan fingerprint density at radius 1 is 0.806 bits per heavy atom. The molecule has 0 aliphatic carbocycles. The lowest BCUT2D eigenvalue weighted by Crippen LogP contribution is -2.25. The summed E-state index contributed by atoms with van der Waals surface area (Å²) in [5.74, 6) is 0. The van der Waals surface area contributed by atoms with Crippen molar-refractivity contribution in [2.45, 2.75) is 0 Å². The molecule has 0 aliphatic rings. The Kier molecular flexibility index (Phi) is 6.12. The molecule has 3 aromatic carbocycles. The molecule has 0 fully saturated rings. The van der Waals surface area contributed by atoms with Gasteiger partial charge in [-0.15, -0.1) is 11.3 Å². The highest BCUT2D eigenvalue weighted by Gasteiger charge is 2.24. The van der Waals surface area contributed by atoms with Gasteiger partial charge in [-0.05, 0) is 71.4 Å². The quantitative estimate of drug-likeness (QED) is 0.275. The van der Waals surface area contributed by atoms with Crippen molar-refractivity contribution in [1.29, 1.82) is 0 Å². The van der Waals surface area contributed by atoms with Gasteiger partial charge in [-0.1, -0.05) is 34.8 Å². The van der Waals surface area contributed by atoms with Gasteiger partial charge in [0.2, 0.25) is 10.0 Å². The number of rotatable bonds is 5. The summed E-state index contributed by atoms with van der Waals surface area (Å²) in [5, 5.41) is 4.22. The van der Waals surface area contributed by atoms with Crippen LogP contribution in [-0.4, -0.2) is 21.7 Å². The first-order chi connectivity index (χ1) is 14.6. The Labute approximate surface area is 200 Å². The normalized spacial score (nSPS) is 11.6. The number of nitrogens with zero attached hydrogens (tertiary/aromatic N) is 2. The summed E-state index contributed by atoms with van der Waals surface area (Å²) in [6, 6.07) is 17.9. The maximum absolute atomic E-state index is 12.9. The minimum absolute atomic E-state index is 0.341. The zero-order valence-electron chi connectivity index (χ0n) is 16.5. The highest BCUT2D eigenvalue weighted by molar-refractivity contribution is 7.92. The lowest BCUT2D eigenvalue weighted by atomic mass is 10.2. The second-order valence-corrected chi connectivity index (χ2v) is 11.1. The number of sulfonamides is 1. The van der Waals surface area contributed by atoms with Crippen molar-refractivity contribution in [3.63, 3.8) is 0 Å². The van der Waals surface area contributed by atoms with Gasteiger partial charge >= 0.3 is 0 Å². The van der Waals surface area contributed by atoms with Gasteiger partial charge < -0.3 is 4.90 Å². The average Bonchev–Trinajstić information content (AvgIpc) is 3.14. The summed E-state index contributed by atoms with van der Waals surface area (Å²) in [7, 11) is -1.85. The van der Waals surface area contributed by atoms with E-state index in [-0.39, 0.29) is 0 Å². The van der Waals surface area contributed by atoms with Crippen LogP contribution in [0.3, 0.4) is 0 Å². The lowest BCUT2D eigenvalue weighted by molar-refractivity contribution is 0.602. The van der Waals surface area contributed by atoms with Crippen LogP contribution in [0, 0.1) is 0 Å². The van der Waals surface area contributed by atoms with Crippen molar-refractivity contribution in [3.8, 4) is 0 Å². The van der Waals surface area contributed by atoms with Crippen LogP contribution in [-0.2, 0) is 10.0 Å². The molecule has 0 saturated carbocycles. The van der Waals surface area contributed by atoms with Crippen molar-refractivity contribution in [3.05, 3.63) is 81.1 Å². The van der Waals surface area contributed by atoms with Crippen molar-refractivity contribution >= 4 is 89.0 Å². The third-order valence-corrected chi connectivity index (χ3v) is 7.50. The minimum atomic E-state index is -3.72. The molecule has 4 nitrogen and oxygen atoms in total. The van der Waals surface area contributed by atoms with Gasteiger partial charge in [0, 0.05) is 33.2 Å². The first-order valence-corrected chi connectivity index (χ1v) is 13.0. The van der Waals surface area contributed by atoms with Crippen LogP contribution in [0.2, 0.25) is 15.1 Å². The fourth-order valence-electron chi connectivity index (χ4n) is 3.32. The monoisotopic (exact) mass is 510 g/mol. The largest absolute Gasteiger partial charge is 0.345 e. The number of thiophene rings is 1. The van der Waals surface area contributed by atoms with Crippen LogP contribution in [0.1, 0.15) is 0 Å². The minimum Gasteiger partial charge on any atom is -0.345 e. The van der Waals surface area contributed by atoms with E-state index in [0.29, 0.717) is 32.1 Å². The highest BCUT2D eigenvalue weighted by Crippen LogP contribution is 2.41. The topological polar surface area (TPSA) is 40.6 Å². The van der Waals surface area contributed by atoms with E-state index in [2.05, 4.69) is 0 Å². The molecule has 0 unspecified atom stereocenters. The molecule has 0 spiro atoms. The lowest BCUT2D eigenvalue weighted by Gasteiger charge is -2.26. The van der Waals surface area contributed by atoms with Gasteiger partial charge in [0.1, 0.15) is 0 Å². The number of hydrogen-bond donors (Lipinski definition) is 0. The van der Waals surface area contributed by atoms with Crippen molar-refractivity contribution in [2.24, 2.45) is 0 Å². The smallest absolute Gasteiger partial charge is 0.236 e. The van der Waals surface area contributed by atoms with Crippen molar-refractivity contribution < 1.29 is 8.42 Å². The Morgan fingerprint density at radius 3 is 2.16 bits per heavy atom. The summed E-state index contributed by atoms with van der Waals surface area (Å²) in [4.78, 5) is 1.90. The summed E-state index contributed by atoms with van der Waals surface area (Å²) in [6.45, 7) is 0. The second kappa shape index (κ2) is 8.52. The van der Waals surface area contributed by atoms with Crippen LogP contribution in [0.5, 0.6) is 0 Å². The van der Waals surface area contributed by atoms with E-state index in [1.165, 1.54) is 4.31 Å². The van der Waals surface area contributed by atoms with Crippen LogP contribution >= 0.6 is 46.1 Å². The molecule has 0 atom stereocenters. The fraction of sp³-hybridized carbons (Fsp3) is 0.0909. The summed E-state index contributed by atoms with van der Waals surface area (Å²) in [6.07, 6.45) is 1.14. The molecule has 31 heavy (non-hydrogen) atoms. The number of fused-ring (bicyclic) bond motifs is 1. The van der Waals surface area contributed by atoms with Gasteiger partial charge in [0.15, 0.2) is 0 Å². The zero-order valence-corrected chi connectivity index (χ0v) is 20.4. The molecule has 1 heterocycles. The molecule has 0 radical (unpaired) electrons. The molecular formula is C22H17Cl3N2O2S2. The maximum Gasteiger partial charge on any atom is 0.236 e. The Balaban J connectivity index is 1.86. The van der Waals surface area contributed by atoms with Gasteiger partial charge in [-0.3, -0.25) is 0 Å². The second-order valence-electron chi connectivity index (χ2n) is 6.99. The fourth-order valence-corrected chi connectivity index (χ4v) is 5.84. The molecule has 0 aliphatic heterocycles. The molecule has 0 N–H and O–H groups in total. The highest BCUT2D eigenvalue weighted by atomic mass is 35.5. The zero-order chi connectivity index (χ0) is 22.3. The molecule has 4 aromatic rings. The van der Waals surface area contributed by atoms with Crippen LogP contribution in [0.4, 0.5) is 22.7 Å². The number of anilines is 4. The summed E-state index contributed by atoms with van der Waals surface area (Å²) in [5.41, 5.74) is 2.35. The van der Waals surface area contributed by atoms with E-state index in [0.717, 1.165) is 22.0 Å². The van der Waals surface area contributed by atoms with E-state index in [1.54, 1.807) is 53.8 Å². The van der Waals surface area contributed by atoms with Gasteiger partial charge in [0.25, 0.3) is 0 Å². The molecule has 0 amide bonds. The standard InChI is InChI=1S/C22H17Cl3N2O2S2/c1-26(17-5-3-15(23)4-6-17)18-10-16(24)11-19(12-18)27(31(2,28)29)21-9-14-7-8-30-22(14)13-20(21)25/h3-13H,1-2H3. The predicted octanol–water partition coefficient (Wildman–Crippen LogP) is 7.73. The van der Waals surface area contributed by atoms with Gasteiger partial charge in [0.05, 0.1) is 22.7 Å². The molecule has 0 bridgehead atoms. The Bertz CT molecular complexity index is 1370. The molecule has 160 valence electrons. The van der Waals surface area contributed by atoms with Crippen LogP contribution in [0.15, 0.2) is 66.0 Å². The van der Waals surface area contributed by atoms with E-state index in [1.807, 2.05) is 35.5 Å². The van der Waals surface area contributed by atoms with Crippen molar-refractivity contribution in [1.82, 2.24) is 0 Å². The number of hydrogen-bond acceptors (Lipinski definition) is 4. The molecule has 9 heteroatoms. The SMILES string of the molecule is CN(c1ccc(Cl)cc1)c1cc(Cl)cc(N(c2cc3ccsc3cc2Cl)S(C)(=O)=O)c1. The summed E-state index contributed by atoms with van der Waals surface area (Å²) >= 11 is 20.5. The third-order valence-electron chi connectivity index (χ3n) is 4.78. The van der Waals surface area contributed by atoms with E-state index in [4.69, 9.17) is 34.8 Å². The first kappa shape index (κ1) is 22.2. The van der Waals surface area contributed by atoms with E-state index >= 15 is 0 Å². The Hall–Kier alpha value is -1.96. The van der Waals surface area contributed by atoms with E-state index < -0.39 is 10.0 Å². The van der Waals surface area contributed by atoms with Gasteiger partial charge in [-0.25, -0.2) is 12.7 Å². The molecular weight excluding hydrogens is 495 g/mol. The average molecular weight is 512 g/mol. The molecule has 0 saturated heterocycles. The number of halogens is 3. The predicted molar refractivity (Wildman–Crippen MR) is 135 cm³/mol. The van der Waals surface area contributed by atoms with Crippen LogP contribution in [0.25, 0.3) is 10.1 Å². The third kappa shape index (κ3) is 4.64.